The van der Waals surface area contributed by atoms with E-state index in [9.17, 15) is 22.8 Å². The van der Waals surface area contributed by atoms with Crippen molar-refractivity contribution in [1.82, 2.24) is 9.99 Å². The predicted octanol–water partition coefficient (Wildman–Crippen LogP) is 5.40. The van der Waals surface area contributed by atoms with E-state index in [4.69, 9.17) is 4.74 Å². The summed E-state index contributed by atoms with van der Waals surface area (Å²) in [4.78, 5) is 29.2. The number of nitrogens with one attached hydrogen (secondary N) is 1. The third-order valence-electron chi connectivity index (χ3n) is 5.94. The lowest BCUT2D eigenvalue weighted by molar-refractivity contribution is -0.275. The van der Waals surface area contributed by atoms with Gasteiger partial charge in [0.25, 0.3) is 5.91 Å². The molecule has 4 rings (SSSR count). The highest BCUT2D eigenvalue weighted by Gasteiger charge is 2.34. The molecule has 0 spiro atoms. The minimum absolute atomic E-state index is 0.0934. The van der Waals surface area contributed by atoms with Gasteiger partial charge in [-0.15, -0.1) is 13.2 Å². The molecule has 2 aromatic carbocycles. The molecular weight excluding hydrogens is 501 g/mol. The van der Waals surface area contributed by atoms with Gasteiger partial charge in [-0.25, -0.2) is 5.01 Å². The highest BCUT2D eigenvalue weighted by atomic mass is 19.4. The van der Waals surface area contributed by atoms with Crippen LogP contribution >= 0.6 is 0 Å². The third kappa shape index (κ3) is 6.47. The van der Waals surface area contributed by atoms with Gasteiger partial charge in [0.1, 0.15) is 5.69 Å². The van der Waals surface area contributed by atoms with Crippen molar-refractivity contribution in [3.63, 3.8) is 0 Å². The fraction of sp³-hybridized carbons (Fsp3) is 0.259. The van der Waals surface area contributed by atoms with E-state index in [0.29, 0.717) is 23.4 Å². The summed E-state index contributed by atoms with van der Waals surface area (Å²) in [6.45, 7) is 2.10. The van der Waals surface area contributed by atoms with Crippen LogP contribution in [-0.4, -0.2) is 41.0 Å². The van der Waals surface area contributed by atoms with Crippen molar-refractivity contribution < 1.29 is 32.2 Å². The Morgan fingerprint density at radius 3 is 2.50 bits per heavy atom. The smallest absolute Gasteiger partial charge is 0.493 e. The maximum atomic E-state index is 12.8. The first-order valence-electron chi connectivity index (χ1n) is 11.8. The number of nitrogens with zero attached hydrogens (tertiary/aromatic N) is 3. The summed E-state index contributed by atoms with van der Waals surface area (Å²) < 4.78 is 47.3. The summed E-state index contributed by atoms with van der Waals surface area (Å²) in [7, 11) is 1.25. The Bertz CT molecular complexity index is 1330. The monoisotopic (exact) mass is 526 g/mol. The Morgan fingerprint density at radius 1 is 1.11 bits per heavy atom. The summed E-state index contributed by atoms with van der Waals surface area (Å²) in [5.41, 5.74) is 2.74. The summed E-state index contributed by atoms with van der Waals surface area (Å²) in [6.07, 6.45) is -2.50. The van der Waals surface area contributed by atoms with Crippen molar-refractivity contribution in [3.05, 3.63) is 83.7 Å². The van der Waals surface area contributed by atoms with Crippen LogP contribution in [0.25, 0.3) is 0 Å². The Labute approximate surface area is 217 Å². The largest absolute Gasteiger partial charge is 0.573 e. The first kappa shape index (κ1) is 26.6. The molecular formula is C27H25F3N4O4. The van der Waals surface area contributed by atoms with Crippen LogP contribution in [0.4, 0.5) is 18.9 Å². The number of alkyl halides is 3. The fourth-order valence-electron chi connectivity index (χ4n) is 4.03. The standard InChI is InChI=1S/C27H25F3N4O4/c1-3-18-15-24(35)34(33-25(18)19-9-12-22(23(14-19)37-2)38-27(28,29)30)16-17-7-10-20(11-8-17)32-26(36)21-6-4-5-13-31-21/h4-14,18H,3,15-16H2,1-2H3,(H,32,36). The van der Waals surface area contributed by atoms with Crippen LogP contribution in [0.15, 0.2) is 72.0 Å². The van der Waals surface area contributed by atoms with Crippen molar-refractivity contribution in [2.75, 3.05) is 12.4 Å². The van der Waals surface area contributed by atoms with Crippen molar-refractivity contribution in [3.8, 4) is 11.5 Å². The number of hydrazone groups is 1. The van der Waals surface area contributed by atoms with Crippen molar-refractivity contribution in [2.24, 2.45) is 11.0 Å². The van der Waals surface area contributed by atoms with Crippen LogP contribution in [-0.2, 0) is 11.3 Å². The van der Waals surface area contributed by atoms with Crippen molar-refractivity contribution in [1.29, 1.82) is 0 Å². The number of aromatic nitrogens is 1. The zero-order valence-electron chi connectivity index (χ0n) is 20.7. The normalized spacial score (nSPS) is 15.6. The maximum absolute atomic E-state index is 12.8. The van der Waals surface area contributed by atoms with Gasteiger partial charge >= 0.3 is 6.36 Å². The molecule has 0 bridgehead atoms. The topological polar surface area (TPSA) is 93.1 Å². The number of ether oxygens (including phenoxy) is 2. The zero-order valence-corrected chi connectivity index (χ0v) is 20.7. The van der Waals surface area contributed by atoms with Crippen molar-refractivity contribution >= 4 is 23.2 Å². The summed E-state index contributed by atoms with van der Waals surface area (Å²) in [6, 6.07) is 16.1. The maximum Gasteiger partial charge on any atom is 0.573 e. The Hall–Kier alpha value is -4.41. The van der Waals surface area contributed by atoms with E-state index in [2.05, 4.69) is 20.1 Å². The van der Waals surface area contributed by atoms with Crippen LogP contribution in [0.2, 0.25) is 0 Å². The van der Waals surface area contributed by atoms with Gasteiger partial charge in [-0.05, 0) is 54.4 Å². The molecule has 198 valence electrons. The average Bonchev–Trinajstić information content (AvgIpc) is 2.90. The number of carbonyl (C=O) groups is 2. The van der Waals surface area contributed by atoms with Gasteiger partial charge in [-0.2, -0.15) is 5.10 Å². The molecule has 38 heavy (non-hydrogen) atoms. The number of halogens is 3. The van der Waals surface area contributed by atoms with E-state index >= 15 is 0 Å². The lowest BCUT2D eigenvalue weighted by Crippen LogP contribution is -2.36. The van der Waals surface area contributed by atoms with E-state index in [0.717, 1.165) is 5.56 Å². The van der Waals surface area contributed by atoms with Crippen LogP contribution < -0.4 is 14.8 Å². The average molecular weight is 527 g/mol. The lowest BCUT2D eigenvalue weighted by atomic mass is 9.89. The van der Waals surface area contributed by atoms with Gasteiger partial charge in [-0.3, -0.25) is 14.6 Å². The molecule has 0 fully saturated rings. The molecule has 2 amide bonds. The predicted molar refractivity (Wildman–Crippen MR) is 134 cm³/mol. The second kappa shape index (κ2) is 11.3. The Morgan fingerprint density at radius 2 is 1.87 bits per heavy atom. The number of benzene rings is 2. The van der Waals surface area contributed by atoms with E-state index in [1.54, 1.807) is 42.5 Å². The third-order valence-corrected chi connectivity index (χ3v) is 5.94. The number of rotatable bonds is 8. The van der Waals surface area contributed by atoms with Gasteiger partial charge in [0.15, 0.2) is 11.5 Å². The summed E-state index contributed by atoms with van der Waals surface area (Å²) >= 11 is 0. The van der Waals surface area contributed by atoms with Gasteiger partial charge in [0.2, 0.25) is 5.91 Å². The second-order valence-electron chi connectivity index (χ2n) is 8.53. The molecule has 11 heteroatoms. The number of hydrogen-bond donors (Lipinski definition) is 1. The molecule has 2 heterocycles. The van der Waals surface area contributed by atoms with Crippen molar-refractivity contribution in [2.45, 2.75) is 32.7 Å². The first-order valence-corrected chi connectivity index (χ1v) is 11.8. The molecule has 1 aromatic heterocycles. The number of methoxy groups -OCH3 is 1. The quantitative estimate of drug-likeness (QED) is 0.424. The molecule has 3 aromatic rings. The van der Waals surface area contributed by atoms with Crippen LogP contribution in [0.3, 0.4) is 0 Å². The highest BCUT2D eigenvalue weighted by Crippen LogP contribution is 2.35. The SMILES string of the molecule is CCC1CC(=O)N(Cc2ccc(NC(=O)c3ccccn3)cc2)N=C1c1ccc(OC(F)(F)F)c(OC)c1. The number of carbonyl (C=O) groups excluding carboxylic acids is 2. The van der Waals surface area contributed by atoms with E-state index < -0.39 is 12.1 Å². The van der Waals surface area contributed by atoms with Gasteiger partial charge in [0.05, 0.1) is 19.4 Å². The van der Waals surface area contributed by atoms with Crippen LogP contribution in [0.5, 0.6) is 11.5 Å². The molecule has 1 atom stereocenters. The minimum atomic E-state index is -4.86. The molecule has 0 aliphatic carbocycles. The summed E-state index contributed by atoms with van der Waals surface area (Å²) in [5, 5.41) is 8.68. The van der Waals surface area contributed by atoms with Gasteiger partial charge in [0, 0.05) is 29.8 Å². The number of hydrogen-bond acceptors (Lipinski definition) is 6. The molecule has 1 N–H and O–H groups in total. The zero-order chi connectivity index (χ0) is 27.3. The van der Waals surface area contributed by atoms with Gasteiger partial charge < -0.3 is 14.8 Å². The molecule has 0 saturated carbocycles. The van der Waals surface area contributed by atoms with Crippen LogP contribution in [0.1, 0.15) is 41.4 Å². The molecule has 1 unspecified atom stereocenters. The fourth-order valence-corrected chi connectivity index (χ4v) is 4.03. The minimum Gasteiger partial charge on any atom is -0.493 e. The Kier molecular flexibility index (Phi) is 7.94. The molecule has 0 saturated heterocycles. The first-order chi connectivity index (χ1) is 18.2. The lowest BCUT2D eigenvalue weighted by Gasteiger charge is -2.29. The molecule has 1 aliphatic rings. The number of amides is 2. The van der Waals surface area contributed by atoms with Crippen LogP contribution in [0, 0.1) is 5.92 Å². The summed E-state index contributed by atoms with van der Waals surface area (Å²) in [5.74, 6) is -1.27. The molecule has 1 aliphatic heterocycles. The number of pyridine rings is 1. The second-order valence-corrected chi connectivity index (χ2v) is 8.53. The van der Waals surface area contributed by atoms with E-state index in [1.807, 2.05) is 6.92 Å². The van der Waals surface area contributed by atoms with Gasteiger partial charge in [-0.1, -0.05) is 25.1 Å². The highest BCUT2D eigenvalue weighted by molar-refractivity contribution is 6.06. The molecule has 0 radical (unpaired) electrons. The Balaban J connectivity index is 1.53. The van der Waals surface area contributed by atoms with E-state index in [-0.39, 0.29) is 42.1 Å². The molecule has 8 nitrogen and oxygen atoms in total. The number of anilines is 1. The van der Waals surface area contributed by atoms with E-state index in [1.165, 1.54) is 36.5 Å².